The molecule has 0 spiro atoms. The molecule has 1 unspecified atom stereocenters. The molecule has 74 valence electrons. The third-order valence-electron chi connectivity index (χ3n) is 2.11. The number of hydrogen-bond acceptors (Lipinski definition) is 4. The second kappa shape index (κ2) is 2.83. The summed E-state index contributed by atoms with van der Waals surface area (Å²) in [5.74, 6) is -0.0261. The van der Waals surface area contributed by atoms with E-state index in [0.717, 1.165) is 11.3 Å². The first kappa shape index (κ1) is 8.74. The molecule has 1 aromatic rings. The predicted molar refractivity (Wildman–Crippen MR) is 50.5 cm³/mol. The molecule has 2 heterocycles. The van der Waals surface area contributed by atoms with Crippen LogP contribution in [-0.4, -0.2) is 21.6 Å². The zero-order chi connectivity index (χ0) is 10.3. The number of rotatable bonds is 1. The lowest BCUT2D eigenvalue weighted by molar-refractivity contribution is -0.120. The number of nitrogens with zero attached hydrogens (tertiary/aromatic N) is 3. The van der Waals surface area contributed by atoms with Crippen LogP contribution >= 0.6 is 0 Å². The Morgan fingerprint density at radius 2 is 2.36 bits per heavy atom. The molecule has 0 saturated carbocycles. The van der Waals surface area contributed by atoms with Crippen molar-refractivity contribution < 1.29 is 4.79 Å². The number of aryl methyl sites for hydroxylation is 2. The second-order valence-corrected chi connectivity index (χ2v) is 3.25. The van der Waals surface area contributed by atoms with Crippen LogP contribution in [0.5, 0.6) is 0 Å². The van der Waals surface area contributed by atoms with Gasteiger partial charge in [0.2, 0.25) is 0 Å². The van der Waals surface area contributed by atoms with Gasteiger partial charge in [0, 0.05) is 18.8 Å². The summed E-state index contributed by atoms with van der Waals surface area (Å²) in [7, 11) is 1.80. The Bertz CT molecular complexity index is 419. The van der Waals surface area contributed by atoms with Gasteiger partial charge >= 0.3 is 0 Å². The number of carbonyl (C=O) groups is 1. The number of aliphatic imine (C=N–C) groups is 1. The van der Waals surface area contributed by atoms with E-state index >= 15 is 0 Å². The molecule has 3 N–H and O–H groups in total. The first-order valence-corrected chi connectivity index (χ1v) is 4.22. The molecule has 0 fully saturated rings. The molecule has 0 saturated heterocycles. The average molecular weight is 193 g/mol. The Morgan fingerprint density at radius 1 is 1.64 bits per heavy atom. The van der Waals surface area contributed by atoms with Crippen molar-refractivity contribution >= 4 is 11.9 Å². The van der Waals surface area contributed by atoms with Crippen LogP contribution in [0.1, 0.15) is 17.3 Å². The molecule has 6 heteroatoms. The number of aromatic nitrogens is 2. The van der Waals surface area contributed by atoms with Gasteiger partial charge in [0.15, 0.2) is 12.0 Å². The van der Waals surface area contributed by atoms with Crippen LogP contribution in [0.25, 0.3) is 0 Å². The second-order valence-electron chi connectivity index (χ2n) is 3.25. The van der Waals surface area contributed by atoms with Crippen molar-refractivity contribution in [2.24, 2.45) is 17.8 Å². The zero-order valence-electron chi connectivity index (χ0n) is 7.98. The summed E-state index contributed by atoms with van der Waals surface area (Å²) < 4.78 is 1.65. The van der Waals surface area contributed by atoms with Gasteiger partial charge in [-0.2, -0.15) is 5.10 Å². The molecule has 1 aliphatic rings. The van der Waals surface area contributed by atoms with Crippen molar-refractivity contribution in [2.75, 3.05) is 0 Å². The minimum absolute atomic E-state index is 0.170. The van der Waals surface area contributed by atoms with Gasteiger partial charge in [0.25, 0.3) is 5.91 Å². The molecule has 0 radical (unpaired) electrons. The quantitative estimate of drug-likeness (QED) is 0.613. The average Bonchev–Trinajstić information content (AvgIpc) is 2.55. The minimum atomic E-state index is -0.538. The Kier molecular flexibility index (Phi) is 1.77. The van der Waals surface area contributed by atoms with E-state index in [1.54, 1.807) is 17.9 Å². The van der Waals surface area contributed by atoms with Gasteiger partial charge < -0.3 is 5.73 Å². The zero-order valence-corrected chi connectivity index (χ0v) is 7.98. The lowest BCUT2D eigenvalue weighted by atomic mass is 10.1. The first-order valence-electron chi connectivity index (χ1n) is 4.22. The number of hydrogen-bond donors (Lipinski definition) is 2. The van der Waals surface area contributed by atoms with Gasteiger partial charge in [-0.25, -0.2) is 4.99 Å². The van der Waals surface area contributed by atoms with Crippen molar-refractivity contribution in [3.05, 3.63) is 17.5 Å². The molecule has 0 bridgehead atoms. The fourth-order valence-corrected chi connectivity index (χ4v) is 1.52. The van der Waals surface area contributed by atoms with Gasteiger partial charge in [-0.3, -0.25) is 14.8 Å². The lowest BCUT2D eigenvalue weighted by Crippen LogP contribution is -2.31. The number of guanidine groups is 1. The smallest absolute Gasteiger partial charge is 0.256 e. The van der Waals surface area contributed by atoms with E-state index in [0.29, 0.717) is 0 Å². The monoisotopic (exact) mass is 193 g/mol. The van der Waals surface area contributed by atoms with Gasteiger partial charge in [-0.05, 0) is 6.92 Å². The summed E-state index contributed by atoms with van der Waals surface area (Å²) in [6, 6.07) is -0.538. The highest BCUT2D eigenvalue weighted by Crippen LogP contribution is 2.22. The first-order chi connectivity index (χ1) is 6.58. The highest BCUT2D eigenvalue weighted by atomic mass is 16.2. The maximum absolute atomic E-state index is 11.4. The van der Waals surface area contributed by atoms with Crippen molar-refractivity contribution in [1.29, 1.82) is 0 Å². The molecule has 2 rings (SSSR count). The van der Waals surface area contributed by atoms with Crippen molar-refractivity contribution in [3.63, 3.8) is 0 Å². The normalized spacial score (nSPS) is 20.9. The molecular formula is C8H11N5O. The highest BCUT2D eigenvalue weighted by molar-refractivity contribution is 6.04. The molecule has 1 amide bonds. The summed E-state index contributed by atoms with van der Waals surface area (Å²) in [5, 5.41) is 6.60. The number of nitrogens with two attached hydrogens (primary N) is 1. The van der Waals surface area contributed by atoms with Crippen molar-refractivity contribution in [1.82, 2.24) is 15.1 Å². The van der Waals surface area contributed by atoms with E-state index in [9.17, 15) is 4.79 Å². The number of nitrogens with one attached hydrogen (secondary N) is 1. The number of amides is 1. The lowest BCUT2D eigenvalue weighted by Gasteiger charge is -2.00. The third-order valence-corrected chi connectivity index (χ3v) is 2.11. The van der Waals surface area contributed by atoms with Crippen LogP contribution in [-0.2, 0) is 11.8 Å². The van der Waals surface area contributed by atoms with Crippen LogP contribution in [0.3, 0.4) is 0 Å². The number of carbonyl (C=O) groups excluding carboxylic acids is 1. The fraction of sp³-hybridized carbons (Fsp3) is 0.375. The van der Waals surface area contributed by atoms with Gasteiger partial charge in [-0.1, -0.05) is 0 Å². The summed E-state index contributed by atoms with van der Waals surface area (Å²) >= 11 is 0. The highest BCUT2D eigenvalue weighted by Gasteiger charge is 2.29. The van der Waals surface area contributed by atoms with Crippen molar-refractivity contribution in [3.8, 4) is 0 Å². The summed E-state index contributed by atoms with van der Waals surface area (Å²) in [6.07, 6.45) is 1.78. The van der Waals surface area contributed by atoms with E-state index in [1.165, 1.54) is 0 Å². The summed E-state index contributed by atoms with van der Waals surface area (Å²) in [6.45, 7) is 1.84. The molecule has 6 nitrogen and oxygen atoms in total. The Hall–Kier alpha value is -1.85. The maximum Gasteiger partial charge on any atom is 0.256 e. The molecule has 1 aliphatic heterocycles. The Morgan fingerprint density at radius 3 is 2.79 bits per heavy atom. The van der Waals surface area contributed by atoms with Gasteiger partial charge in [0.1, 0.15) is 0 Å². The molecule has 1 atom stereocenters. The molecule has 0 aromatic carbocycles. The van der Waals surface area contributed by atoms with Gasteiger partial charge in [0.05, 0.1) is 5.69 Å². The predicted octanol–water partition coefficient (Wildman–Crippen LogP) is -0.786. The summed E-state index contributed by atoms with van der Waals surface area (Å²) in [5.41, 5.74) is 6.99. The van der Waals surface area contributed by atoms with E-state index in [2.05, 4.69) is 15.4 Å². The van der Waals surface area contributed by atoms with Crippen LogP contribution in [0.2, 0.25) is 0 Å². The van der Waals surface area contributed by atoms with Crippen LogP contribution in [0.4, 0.5) is 0 Å². The molecule has 1 aromatic heterocycles. The molecule has 0 aliphatic carbocycles. The Balaban J connectivity index is 2.40. The topological polar surface area (TPSA) is 85.3 Å². The van der Waals surface area contributed by atoms with Crippen molar-refractivity contribution in [2.45, 2.75) is 13.0 Å². The fourth-order valence-electron chi connectivity index (χ4n) is 1.52. The SMILES string of the molecule is Cc1nn(C)cc1C1N=C(N)NC1=O. The summed E-state index contributed by atoms with van der Waals surface area (Å²) in [4.78, 5) is 15.4. The van der Waals surface area contributed by atoms with Crippen LogP contribution in [0, 0.1) is 6.92 Å². The van der Waals surface area contributed by atoms with Crippen LogP contribution in [0.15, 0.2) is 11.2 Å². The maximum atomic E-state index is 11.4. The molecular weight excluding hydrogens is 182 g/mol. The Labute approximate surface area is 80.8 Å². The largest absolute Gasteiger partial charge is 0.370 e. The van der Waals surface area contributed by atoms with Gasteiger partial charge in [-0.15, -0.1) is 0 Å². The van der Waals surface area contributed by atoms with E-state index < -0.39 is 6.04 Å². The minimum Gasteiger partial charge on any atom is -0.370 e. The molecule has 14 heavy (non-hydrogen) atoms. The van der Waals surface area contributed by atoms with Crippen LogP contribution < -0.4 is 11.1 Å². The third kappa shape index (κ3) is 1.24. The van der Waals surface area contributed by atoms with E-state index in [-0.39, 0.29) is 11.9 Å². The van der Waals surface area contributed by atoms with E-state index in [1.807, 2.05) is 6.92 Å². The van der Waals surface area contributed by atoms with E-state index in [4.69, 9.17) is 5.73 Å². The standard InChI is InChI=1S/C8H11N5O/c1-4-5(3-13(2)12-4)6-7(14)11-8(9)10-6/h3,6H,1-2H3,(H3,9,10,11,14).